The van der Waals surface area contributed by atoms with E-state index in [1.807, 2.05) is 37.3 Å². The Morgan fingerprint density at radius 1 is 1.19 bits per heavy atom. The Bertz CT molecular complexity index is 619. The molecule has 0 unspecified atom stereocenters. The molecule has 1 aliphatic rings. The number of hydrogen-bond donors (Lipinski definition) is 1. The van der Waals surface area contributed by atoms with Crippen LogP contribution in [0.4, 0.5) is 0 Å². The highest BCUT2D eigenvalue weighted by molar-refractivity contribution is 5.98. The van der Waals surface area contributed by atoms with Crippen molar-refractivity contribution in [1.29, 1.82) is 0 Å². The van der Waals surface area contributed by atoms with Crippen LogP contribution >= 0.6 is 0 Å². The lowest BCUT2D eigenvalue weighted by Gasteiger charge is -2.31. The molecule has 142 valence electrons. The SMILES string of the molecule is CC/C(=C\C(=O)N[C@H](CC(C)C)C(=O)N1CCOCC1)c1ccccc1. The fourth-order valence-electron chi connectivity index (χ4n) is 3.11. The van der Waals surface area contributed by atoms with Crippen molar-refractivity contribution in [3.63, 3.8) is 0 Å². The number of hydrogen-bond acceptors (Lipinski definition) is 3. The summed E-state index contributed by atoms with van der Waals surface area (Å²) in [6.07, 6.45) is 3.00. The normalized spacial score (nSPS) is 16.5. The predicted octanol–water partition coefficient (Wildman–Crippen LogP) is 2.87. The summed E-state index contributed by atoms with van der Waals surface area (Å²) in [6.45, 7) is 8.43. The molecule has 26 heavy (non-hydrogen) atoms. The summed E-state index contributed by atoms with van der Waals surface area (Å²) in [7, 11) is 0. The molecule has 5 nitrogen and oxygen atoms in total. The number of morpholine rings is 1. The average molecular weight is 358 g/mol. The van der Waals surface area contributed by atoms with Crippen LogP contribution in [0.5, 0.6) is 0 Å². The molecule has 0 saturated carbocycles. The van der Waals surface area contributed by atoms with Gasteiger partial charge in [-0.25, -0.2) is 0 Å². The molecule has 1 N–H and O–H groups in total. The molecular weight excluding hydrogens is 328 g/mol. The molecule has 1 heterocycles. The first-order valence-electron chi connectivity index (χ1n) is 9.44. The van der Waals surface area contributed by atoms with Gasteiger partial charge >= 0.3 is 0 Å². The third-order valence-corrected chi connectivity index (χ3v) is 4.48. The fourth-order valence-corrected chi connectivity index (χ4v) is 3.11. The number of rotatable bonds is 7. The van der Waals surface area contributed by atoms with Gasteiger partial charge in [0.25, 0.3) is 0 Å². The van der Waals surface area contributed by atoms with Crippen LogP contribution in [0.3, 0.4) is 0 Å². The summed E-state index contributed by atoms with van der Waals surface area (Å²) in [5.41, 5.74) is 2.00. The Labute approximate surface area is 156 Å². The van der Waals surface area contributed by atoms with E-state index in [2.05, 4.69) is 19.2 Å². The zero-order valence-electron chi connectivity index (χ0n) is 16.0. The minimum atomic E-state index is -0.495. The monoisotopic (exact) mass is 358 g/mol. The van der Waals surface area contributed by atoms with Gasteiger partial charge in [-0.15, -0.1) is 0 Å². The fraction of sp³-hybridized carbons (Fsp3) is 0.524. The van der Waals surface area contributed by atoms with Crippen molar-refractivity contribution in [2.24, 2.45) is 5.92 Å². The van der Waals surface area contributed by atoms with E-state index in [9.17, 15) is 9.59 Å². The van der Waals surface area contributed by atoms with E-state index in [0.29, 0.717) is 38.6 Å². The summed E-state index contributed by atoms with van der Waals surface area (Å²) in [5, 5.41) is 2.93. The van der Waals surface area contributed by atoms with E-state index in [-0.39, 0.29) is 11.8 Å². The molecule has 1 fully saturated rings. The molecule has 1 saturated heterocycles. The standard InChI is InChI=1S/C21H30N2O3/c1-4-17(18-8-6-5-7-9-18)15-20(24)22-19(14-16(2)3)21(25)23-10-12-26-13-11-23/h5-9,15-16,19H,4,10-14H2,1-3H3,(H,22,24)/b17-15+/t19-/m1/s1. The topological polar surface area (TPSA) is 58.6 Å². The first kappa shape index (κ1) is 20.2. The van der Waals surface area contributed by atoms with Gasteiger partial charge in [0.15, 0.2) is 0 Å². The van der Waals surface area contributed by atoms with Crippen LogP contribution in [0.15, 0.2) is 36.4 Å². The molecule has 0 aromatic heterocycles. The summed E-state index contributed by atoms with van der Waals surface area (Å²) >= 11 is 0. The van der Waals surface area contributed by atoms with Gasteiger partial charge in [-0.1, -0.05) is 51.1 Å². The lowest BCUT2D eigenvalue weighted by atomic mass is 10.0. The maximum absolute atomic E-state index is 12.8. The first-order chi connectivity index (χ1) is 12.5. The average Bonchev–Trinajstić information content (AvgIpc) is 2.66. The Morgan fingerprint density at radius 2 is 1.85 bits per heavy atom. The van der Waals surface area contributed by atoms with Crippen molar-refractivity contribution in [1.82, 2.24) is 10.2 Å². The molecule has 2 amide bonds. The van der Waals surface area contributed by atoms with Crippen LogP contribution in [0, 0.1) is 5.92 Å². The van der Waals surface area contributed by atoms with E-state index < -0.39 is 6.04 Å². The number of nitrogens with zero attached hydrogens (tertiary/aromatic N) is 1. The number of ether oxygens (including phenoxy) is 1. The minimum Gasteiger partial charge on any atom is -0.378 e. The van der Waals surface area contributed by atoms with Crippen LogP contribution in [-0.2, 0) is 14.3 Å². The summed E-state index contributed by atoms with van der Waals surface area (Å²) in [4.78, 5) is 27.2. The number of carbonyl (C=O) groups excluding carboxylic acids is 2. The number of amides is 2. The van der Waals surface area contributed by atoms with Crippen LogP contribution in [-0.4, -0.2) is 49.1 Å². The van der Waals surface area contributed by atoms with Crippen LogP contribution in [0.2, 0.25) is 0 Å². The summed E-state index contributed by atoms with van der Waals surface area (Å²) < 4.78 is 5.32. The largest absolute Gasteiger partial charge is 0.378 e. The summed E-state index contributed by atoms with van der Waals surface area (Å²) in [5.74, 6) is 0.0912. The van der Waals surface area contributed by atoms with Gasteiger partial charge in [-0.3, -0.25) is 9.59 Å². The van der Waals surface area contributed by atoms with E-state index in [1.165, 1.54) is 0 Å². The van der Waals surface area contributed by atoms with E-state index >= 15 is 0 Å². The zero-order chi connectivity index (χ0) is 18.9. The lowest BCUT2D eigenvalue weighted by molar-refractivity contribution is -0.139. The zero-order valence-corrected chi connectivity index (χ0v) is 16.0. The molecule has 0 bridgehead atoms. The molecule has 1 aromatic carbocycles. The molecule has 1 atom stereocenters. The van der Waals surface area contributed by atoms with Gasteiger partial charge in [-0.05, 0) is 29.9 Å². The number of carbonyl (C=O) groups is 2. The molecule has 0 radical (unpaired) electrons. The lowest BCUT2D eigenvalue weighted by Crippen LogP contribution is -2.52. The van der Waals surface area contributed by atoms with E-state index in [0.717, 1.165) is 17.6 Å². The van der Waals surface area contributed by atoms with Crippen molar-refractivity contribution >= 4 is 17.4 Å². The van der Waals surface area contributed by atoms with Crippen molar-refractivity contribution in [2.45, 2.75) is 39.7 Å². The Kier molecular flexibility index (Phi) is 7.85. The smallest absolute Gasteiger partial charge is 0.245 e. The number of allylic oxidation sites excluding steroid dienone is 1. The molecule has 0 aliphatic carbocycles. The second-order valence-corrected chi connectivity index (χ2v) is 7.02. The Morgan fingerprint density at radius 3 is 2.42 bits per heavy atom. The maximum Gasteiger partial charge on any atom is 0.245 e. The maximum atomic E-state index is 12.8. The van der Waals surface area contributed by atoms with E-state index in [4.69, 9.17) is 4.74 Å². The number of benzene rings is 1. The third-order valence-electron chi connectivity index (χ3n) is 4.48. The molecule has 2 rings (SSSR count). The van der Waals surface area contributed by atoms with E-state index in [1.54, 1.807) is 11.0 Å². The van der Waals surface area contributed by atoms with Crippen LogP contribution in [0.1, 0.15) is 39.2 Å². The third kappa shape index (κ3) is 5.99. The van der Waals surface area contributed by atoms with Gasteiger partial charge in [-0.2, -0.15) is 0 Å². The van der Waals surface area contributed by atoms with Gasteiger partial charge in [0.2, 0.25) is 11.8 Å². The second-order valence-electron chi connectivity index (χ2n) is 7.02. The van der Waals surface area contributed by atoms with Gasteiger partial charge in [0, 0.05) is 19.2 Å². The van der Waals surface area contributed by atoms with Gasteiger partial charge in [0.05, 0.1) is 13.2 Å². The van der Waals surface area contributed by atoms with Crippen LogP contribution in [0.25, 0.3) is 5.57 Å². The molecule has 0 spiro atoms. The quantitative estimate of drug-likeness (QED) is 0.763. The summed E-state index contributed by atoms with van der Waals surface area (Å²) in [6, 6.07) is 9.36. The predicted molar refractivity (Wildman–Crippen MR) is 103 cm³/mol. The highest BCUT2D eigenvalue weighted by Gasteiger charge is 2.27. The number of nitrogens with one attached hydrogen (secondary N) is 1. The molecule has 5 heteroatoms. The van der Waals surface area contributed by atoms with Crippen LogP contribution < -0.4 is 5.32 Å². The molecule has 1 aromatic rings. The molecular formula is C21H30N2O3. The first-order valence-corrected chi connectivity index (χ1v) is 9.44. The highest BCUT2D eigenvalue weighted by Crippen LogP contribution is 2.17. The van der Waals surface area contributed by atoms with Crippen molar-refractivity contribution < 1.29 is 14.3 Å². The van der Waals surface area contributed by atoms with Crippen molar-refractivity contribution in [3.8, 4) is 0 Å². The second kappa shape index (κ2) is 10.1. The highest BCUT2D eigenvalue weighted by atomic mass is 16.5. The Balaban J connectivity index is 2.09. The minimum absolute atomic E-state index is 0.0125. The van der Waals surface area contributed by atoms with Gasteiger partial charge < -0.3 is 15.0 Å². The molecule has 1 aliphatic heterocycles. The Hall–Kier alpha value is -2.14. The van der Waals surface area contributed by atoms with Gasteiger partial charge in [0.1, 0.15) is 6.04 Å². The van der Waals surface area contributed by atoms with Crippen molar-refractivity contribution in [3.05, 3.63) is 42.0 Å². The van der Waals surface area contributed by atoms with Crippen molar-refractivity contribution in [2.75, 3.05) is 26.3 Å².